The summed E-state index contributed by atoms with van der Waals surface area (Å²) in [6.45, 7) is 9.36. The van der Waals surface area contributed by atoms with Gasteiger partial charge < -0.3 is 5.32 Å². The predicted octanol–water partition coefficient (Wildman–Crippen LogP) is 1.64. The number of amides is 1. The van der Waals surface area contributed by atoms with Gasteiger partial charge in [0.25, 0.3) is 0 Å². The second-order valence-corrected chi connectivity index (χ2v) is 2.34. The standard InChI is InChI=1S/C7H11NO.C2H4/c1-2-7(9)8-6-4-3-5-6;1-2/h2,6H,1,3-5H2,(H,8,9);1-2H2. The quantitative estimate of drug-likeness (QED) is 0.474. The first-order valence-corrected chi connectivity index (χ1v) is 3.76. The fourth-order valence-corrected chi connectivity index (χ4v) is 0.813. The van der Waals surface area contributed by atoms with Gasteiger partial charge in [-0.1, -0.05) is 6.58 Å². The van der Waals surface area contributed by atoms with Crippen LogP contribution in [-0.4, -0.2) is 11.9 Å². The van der Waals surface area contributed by atoms with Crippen molar-refractivity contribution in [1.82, 2.24) is 5.32 Å². The summed E-state index contributed by atoms with van der Waals surface area (Å²) in [5, 5.41) is 2.81. The highest BCUT2D eigenvalue weighted by molar-refractivity contribution is 5.87. The Labute approximate surface area is 68.0 Å². The SMILES string of the molecule is C=C.C=CC(=O)NC1CCC1. The monoisotopic (exact) mass is 153 g/mol. The molecule has 0 atom stereocenters. The van der Waals surface area contributed by atoms with E-state index in [2.05, 4.69) is 25.1 Å². The third kappa shape index (κ3) is 3.61. The number of rotatable bonds is 2. The van der Waals surface area contributed by atoms with E-state index >= 15 is 0 Å². The van der Waals surface area contributed by atoms with Crippen LogP contribution >= 0.6 is 0 Å². The van der Waals surface area contributed by atoms with Crippen molar-refractivity contribution >= 4 is 5.91 Å². The molecule has 0 saturated heterocycles. The highest BCUT2D eigenvalue weighted by atomic mass is 16.1. The van der Waals surface area contributed by atoms with Gasteiger partial charge >= 0.3 is 0 Å². The molecule has 1 aliphatic rings. The Morgan fingerprint density at radius 3 is 2.27 bits per heavy atom. The zero-order valence-corrected chi connectivity index (χ0v) is 6.81. The average molecular weight is 153 g/mol. The highest BCUT2D eigenvalue weighted by Crippen LogP contribution is 2.17. The zero-order chi connectivity index (χ0) is 8.69. The lowest BCUT2D eigenvalue weighted by Gasteiger charge is -2.25. The van der Waals surface area contributed by atoms with Crippen molar-refractivity contribution in [3.05, 3.63) is 25.8 Å². The van der Waals surface area contributed by atoms with E-state index in [1.165, 1.54) is 12.5 Å². The van der Waals surface area contributed by atoms with Gasteiger partial charge in [-0.05, 0) is 25.3 Å². The minimum absolute atomic E-state index is 0.0419. The molecule has 1 saturated carbocycles. The lowest BCUT2D eigenvalue weighted by Crippen LogP contribution is -2.38. The minimum atomic E-state index is -0.0419. The van der Waals surface area contributed by atoms with Gasteiger partial charge in [-0.15, -0.1) is 13.2 Å². The van der Waals surface area contributed by atoms with Gasteiger partial charge in [0.15, 0.2) is 0 Å². The Bertz CT molecular complexity index is 138. The molecule has 0 bridgehead atoms. The Morgan fingerprint density at radius 2 is 2.00 bits per heavy atom. The lowest BCUT2D eigenvalue weighted by molar-refractivity contribution is -0.117. The van der Waals surface area contributed by atoms with E-state index in [1.54, 1.807) is 0 Å². The summed E-state index contributed by atoms with van der Waals surface area (Å²) in [6.07, 6.45) is 4.85. The van der Waals surface area contributed by atoms with Crippen LogP contribution in [0.4, 0.5) is 0 Å². The van der Waals surface area contributed by atoms with Gasteiger partial charge in [0.2, 0.25) is 5.91 Å². The topological polar surface area (TPSA) is 29.1 Å². The molecule has 0 unspecified atom stereocenters. The van der Waals surface area contributed by atoms with Crippen molar-refractivity contribution in [2.75, 3.05) is 0 Å². The van der Waals surface area contributed by atoms with Crippen LogP contribution in [0.15, 0.2) is 25.8 Å². The minimum Gasteiger partial charge on any atom is -0.350 e. The van der Waals surface area contributed by atoms with Gasteiger partial charge in [0, 0.05) is 6.04 Å². The molecular formula is C9H15NO. The fourth-order valence-electron chi connectivity index (χ4n) is 0.813. The first kappa shape index (κ1) is 9.95. The molecule has 0 aromatic heterocycles. The number of hydrogen-bond donors (Lipinski definition) is 1. The van der Waals surface area contributed by atoms with Gasteiger partial charge in [0.05, 0.1) is 0 Å². The molecule has 2 heteroatoms. The summed E-state index contributed by atoms with van der Waals surface area (Å²) in [5.41, 5.74) is 0. The van der Waals surface area contributed by atoms with Crippen LogP contribution in [0.1, 0.15) is 19.3 Å². The molecule has 62 valence electrons. The van der Waals surface area contributed by atoms with Crippen LogP contribution in [0.5, 0.6) is 0 Å². The van der Waals surface area contributed by atoms with Crippen LogP contribution in [0.3, 0.4) is 0 Å². The van der Waals surface area contributed by atoms with E-state index in [4.69, 9.17) is 0 Å². The van der Waals surface area contributed by atoms with Crippen molar-refractivity contribution in [3.8, 4) is 0 Å². The van der Waals surface area contributed by atoms with Crippen LogP contribution < -0.4 is 5.32 Å². The molecule has 0 aromatic rings. The van der Waals surface area contributed by atoms with Gasteiger partial charge in [0.1, 0.15) is 0 Å². The number of carbonyl (C=O) groups is 1. The maximum Gasteiger partial charge on any atom is 0.243 e. The smallest absolute Gasteiger partial charge is 0.243 e. The van der Waals surface area contributed by atoms with Crippen molar-refractivity contribution in [2.45, 2.75) is 25.3 Å². The molecule has 1 rings (SSSR count). The maximum atomic E-state index is 10.6. The van der Waals surface area contributed by atoms with Crippen molar-refractivity contribution < 1.29 is 4.79 Å². The second-order valence-electron chi connectivity index (χ2n) is 2.34. The Hall–Kier alpha value is -1.05. The Kier molecular flexibility index (Phi) is 5.17. The third-order valence-electron chi connectivity index (χ3n) is 1.64. The lowest BCUT2D eigenvalue weighted by atomic mass is 9.93. The van der Waals surface area contributed by atoms with E-state index in [0.29, 0.717) is 6.04 Å². The number of hydrogen-bond acceptors (Lipinski definition) is 1. The zero-order valence-electron chi connectivity index (χ0n) is 6.81. The third-order valence-corrected chi connectivity index (χ3v) is 1.64. The molecule has 0 spiro atoms. The normalized spacial score (nSPS) is 15.3. The first-order chi connectivity index (χ1) is 5.33. The molecular weight excluding hydrogens is 138 g/mol. The number of nitrogens with one attached hydrogen (secondary N) is 1. The Morgan fingerprint density at radius 1 is 1.45 bits per heavy atom. The van der Waals surface area contributed by atoms with Crippen molar-refractivity contribution in [2.24, 2.45) is 0 Å². The second kappa shape index (κ2) is 5.71. The van der Waals surface area contributed by atoms with Gasteiger partial charge in [-0.25, -0.2) is 0 Å². The number of carbonyl (C=O) groups excluding carboxylic acids is 1. The molecule has 1 fully saturated rings. The van der Waals surface area contributed by atoms with Crippen LogP contribution in [0.2, 0.25) is 0 Å². The molecule has 0 heterocycles. The van der Waals surface area contributed by atoms with E-state index in [1.807, 2.05) is 0 Å². The van der Waals surface area contributed by atoms with Crippen molar-refractivity contribution in [3.63, 3.8) is 0 Å². The van der Waals surface area contributed by atoms with E-state index < -0.39 is 0 Å². The molecule has 0 radical (unpaired) electrons. The Balaban J connectivity index is 0.000000461. The average Bonchev–Trinajstić information content (AvgIpc) is 2.00. The van der Waals surface area contributed by atoms with E-state index in [9.17, 15) is 4.79 Å². The fraction of sp³-hybridized carbons (Fsp3) is 0.444. The largest absolute Gasteiger partial charge is 0.350 e. The molecule has 11 heavy (non-hydrogen) atoms. The summed E-state index contributed by atoms with van der Waals surface area (Å²) < 4.78 is 0. The summed E-state index contributed by atoms with van der Waals surface area (Å²) in [4.78, 5) is 10.6. The molecule has 0 aliphatic heterocycles. The van der Waals surface area contributed by atoms with Gasteiger partial charge in [-0.3, -0.25) is 4.79 Å². The molecule has 1 N–H and O–H groups in total. The highest BCUT2D eigenvalue weighted by Gasteiger charge is 2.17. The molecule has 1 amide bonds. The van der Waals surface area contributed by atoms with Crippen LogP contribution in [-0.2, 0) is 4.79 Å². The first-order valence-electron chi connectivity index (χ1n) is 3.76. The summed E-state index contributed by atoms with van der Waals surface area (Å²) in [6, 6.07) is 0.440. The van der Waals surface area contributed by atoms with Crippen LogP contribution in [0.25, 0.3) is 0 Å². The van der Waals surface area contributed by atoms with E-state index in [-0.39, 0.29) is 5.91 Å². The van der Waals surface area contributed by atoms with Crippen LogP contribution in [0, 0.1) is 0 Å². The molecule has 2 nitrogen and oxygen atoms in total. The molecule has 0 aromatic carbocycles. The summed E-state index contributed by atoms with van der Waals surface area (Å²) in [7, 11) is 0. The van der Waals surface area contributed by atoms with Crippen molar-refractivity contribution in [1.29, 1.82) is 0 Å². The predicted molar refractivity (Wildman–Crippen MR) is 47.2 cm³/mol. The van der Waals surface area contributed by atoms with Gasteiger partial charge in [-0.2, -0.15) is 0 Å². The summed E-state index contributed by atoms with van der Waals surface area (Å²) in [5.74, 6) is -0.0419. The summed E-state index contributed by atoms with van der Waals surface area (Å²) >= 11 is 0. The molecule has 1 aliphatic carbocycles. The van der Waals surface area contributed by atoms with E-state index in [0.717, 1.165) is 12.8 Å². The maximum absolute atomic E-state index is 10.6.